The Kier molecular flexibility index (Phi) is 10.5. The molecule has 0 heterocycles. The Morgan fingerprint density at radius 2 is 1.59 bits per heavy atom. The van der Waals surface area contributed by atoms with Crippen LogP contribution in [-0.2, 0) is 26.0 Å². The molecule has 1 atom stereocenters. The van der Waals surface area contributed by atoms with Crippen molar-refractivity contribution in [3.8, 4) is 0 Å². The Balaban J connectivity index is 2.02. The van der Waals surface area contributed by atoms with Crippen LogP contribution in [0.4, 0.5) is 10.1 Å². The normalized spacial score (nSPS) is 12.2. The molecule has 0 radical (unpaired) electrons. The van der Waals surface area contributed by atoms with E-state index in [2.05, 4.69) is 5.32 Å². The lowest BCUT2D eigenvalue weighted by Gasteiger charge is -2.33. The largest absolute Gasteiger partial charge is 0.352 e. The summed E-state index contributed by atoms with van der Waals surface area (Å²) in [6.45, 7) is 5.03. The van der Waals surface area contributed by atoms with E-state index in [1.807, 2.05) is 44.2 Å². The number of amides is 2. The van der Waals surface area contributed by atoms with Gasteiger partial charge in [0.1, 0.15) is 18.4 Å². The first kappa shape index (κ1) is 30.1. The number of rotatable bonds is 12. The van der Waals surface area contributed by atoms with Crippen molar-refractivity contribution in [2.45, 2.75) is 50.6 Å². The molecule has 0 saturated heterocycles. The zero-order chi connectivity index (χ0) is 28.6. The molecule has 39 heavy (non-hydrogen) atoms. The van der Waals surface area contributed by atoms with Gasteiger partial charge in [-0.2, -0.15) is 0 Å². The third kappa shape index (κ3) is 7.80. The van der Waals surface area contributed by atoms with Gasteiger partial charge in [-0.05, 0) is 62.6 Å². The van der Waals surface area contributed by atoms with Crippen molar-refractivity contribution < 1.29 is 22.4 Å². The molecule has 0 aromatic heterocycles. The summed E-state index contributed by atoms with van der Waals surface area (Å²) in [6.07, 6.45) is 0.790. The molecule has 0 fully saturated rings. The van der Waals surface area contributed by atoms with Crippen molar-refractivity contribution in [3.05, 3.63) is 95.3 Å². The van der Waals surface area contributed by atoms with Crippen LogP contribution in [0, 0.1) is 5.82 Å². The highest BCUT2D eigenvalue weighted by molar-refractivity contribution is 7.92. The van der Waals surface area contributed by atoms with Crippen molar-refractivity contribution in [1.29, 1.82) is 0 Å². The van der Waals surface area contributed by atoms with Gasteiger partial charge in [-0.1, -0.05) is 67.1 Å². The lowest BCUT2D eigenvalue weighted by atomic mass is 10.1. The second-order valence-electron chi connectivity index (χ2n) is 9.33. The predicted molar refractivity (Wildman–Crippen MR) is 152 cm³/mol. The zero-order valence-corrected chi connectivity index (χ0v) is 23.8. The first-order chi connectivity index (χ1) is 18.5. The van der Waals surface area contributed by atoms with Crippen LogP contribution in [-0.4, -0.2) is 50.3 Å². The summed E-state index contributed by atoms with van der Waals surface area (Å²) >= 11 is 5.99. The molecule has 1 N–H and O–H groups in total. The number of nitrogens with zero attached hydrogens (tertiary/aromatic N) is 2. The van der Waals surface area contributed by atoms with Crippen LogP contribution in [0.2, 0.25) is 5.02 Å². The third-order valence-corrected chi connectivity index (χ3v) is 8.18. The van der Waals surface area contributed by atoms with Gasteiger partial charge in [-0.3, -0.25) is 13.9 Å². The van der Waals surface area contributed by atoms with Gasteiger partial charge in [0, 0.05) is 12.6 Å². The highest BCUT2D eigenvalue weighted by atomic mass is 35.5. The number of halogens is 2. The van der Waals surface area contributed by atoms with E-state index in [4.69, 9.17) is 11.6 Å². The van der Waals surface area contributed by atoms with Gasteiger partial charge in [-0.25, -0.2) is 12.8 Å². The summed E-state index contributed by atoms with van der Waals surface area (Å²) < 4.78 is 42.3. The average Bonchev–Trinajstić information content (AvgIpc) is 2.91. The predicted octanol–water partition coefficient (Wildman–Crippen LogP) is 5.05. The number of benzene rings is 3. The van der Waals surface area contributed by atoms with E-state index in [0.717, 1.165) is 15.9 Å². The lowest BCUT2D eigenvalue weighted by Crippen LogP contribution is -2.54. The molecule has 0 saturated carbocycles. The Labute approximate surface area is 234 Å². The van der Waals surface area contributed by atoms with Crippen LogP contribution < -0.4 is 9.62 Å². The van der Waals surface area contributed by atoms with Crippen LogP contribution in [0.3, 0.4) is 0 Å². The quantitative estimate of drug-likeness (QED) is 0.328. The number of carbonyl (C=O) groups is 2. The van der Waals surface area contributed by atoms with Crippen LogP contribution >= 0.6 is 11.6 Å². The van der Waals surface area contributed by atoms with E-state index in [1.165, 1.54) is 29.2 Å². The molecule has 3 rings (SSSR count). The molecule has 208 valence electrons. The lowest BCUT2D eigenvalue weighted by molar-refractivity contribution is -0.139. The van der Waals surface area contributed by atoms with Gasteiger partial charge in [0.25, 0.3) is 10.0 Å². The van der Waals surface area contributed by atoms with Crippen molar-refractivity contribution in [3.63, 3.8) is 0 Å². The summed E-state index contributed by atoms with van der Waals surface area (Å²) in [6, 6.07) is 19.7. The van der Waals surface area contributed by atoms with Crippen LogP contribution in [0.5, 0.6) is 0 Å². The summed E-state index contributed by atoms with van der Waals surface area (Å²) in [5, 5.41) is 2.58. The Morgan fingerprint density at radius 3 is 2.15 bits per heavy atom. The molecule has 10 heteroatoms. The Bertz CT molecular complexity index is 1370. The standard InChI is InChI=1S/C29H33ClFN3O4S/c1-4-27(29(36)32-21(2)3)33(18-17-22-11-7-5-8-12-22)28(35)20-34(23-15-16-26(31)25(30)19-23)39(37,38)24-13-9-6-10-14-24/h5-16,19,21,27H,4,17-18,20H2,1-3H3,(H,32,36). The van der Waals surface area contributed by atoms with Crippen LogP contribution in [0.25, 0.3) is 0 Å². The maximum atomic E-state index is 14.0. The van der Waals surface area contributed by atoms with Crippen molar-refractivity contribution in [2.24, 2.45) is 0 Å². The second kappa shape index (κ2) is 13.6. The van der Waals surface area contributed by atoms with Gasteiger partial charge in [-0.15, -0.1) is 0 Å². The third-order valence-electron chi connectivity index (χ3n) is 6.10. The molecule has 3 aromatic rings. The summed E-state index contributed by atoms with van der Waals surface area (Å²) in [5.74, 6) is -1.61. The average molecular weight is 574 g/mol. The smallest absolute Gasteiger partial charge is 0.264 e. The molecule has 2 amide bonds. The van der Waals surface area contributed by atoms with Crippen LogP contribution in [0.15, 0.2) is 83.8 Å². The maximum Gasteiger partial charge on any atom is 0.264 e. The van der Waals surface area contributed by atoms with E-state index in [0.29, 0.717) is 12.8 Å². The highest BCUT2D eigenvalue weighted by Gasteiger charge is 2.33. The summed E-state index contributed by atoms with van der Waals surface area (Å²) in [5.41, 5.74) is 0.995. The molecule has 7 nitrogen and oxygen atoms in total. The summed E-state index contributed by atoms with van der Waals surface area (Å²) in [4.78, 5) is 28.4. The fourth-order valence-corrected chi connectivity index (χ4v) is 5.77. The minimum atomic E-state index is -4.25. The number of hydrogen-bond acceptors (Lipinski definition) is 4. The second-order valence-corrected chi connectivity index (χ2v) is 11.6. The zero-order valence-electron chi connectivity index (χ0n) is 22.2. The molecule has 0 aliphatic heterocycles. The fourth-order valence-electron chi connectivity index (χ4n) is 4.17. The SMILES string of the molecule is CCC(C(=O)NC(C)C)N(CCc1ccccc1)C(=O)CN(c1ccc(F)c(Cl)c1)S(=O)(=O)c1ccccc1. The van der Waals surface area contributed by atoms with Crippen LogP contribution in [0.1, 0.15) is 32.8 Å². The van der Waals surface area contributed by atoms with Gasteiger partial charge in [0.15, 0.2) is 0 Å². The number of carbonyl (C=O) groups excluding carboxylic acids is 2. The molecule has 0 aliphatic rings. The van der Waals surface area contributed by atoms with Crippen molar-refractivity contribution in [2.75, 3.05) is 17.4 Å². The Morgan fingerprint density at radius 1 is 0.974 bits per heavy atom. The minimum Gasteiger partial charge on any atom is -0.352 e. The van der Waals surface area contributed by atoms with Crippen molar-refractivity contribution in [1.82, 2.24) is 10.2 Å². The number of nitrogens with one attached hydrogen (secondary N) is 1. The number of anilines is 1. The number of hydrogen-bond donors (Lipinski definition) is 1. The maximum absolute atomic E-state index is 14.0. The highest BCUT2D eigenvalue weighted by Crippen LogP contribution is 2.28. The molecular formula is C29H33ClFN3O4S. The summed E-state index contributed by atoms with van der Waals surface area (Å²) in [7, 11) is -4.25. The van der Waals surface area contributed by atoms with Crippen molar-refractivity contribution >= 4 is 39.1 Å². The van der Waals surface area contributed by atoms with E-state index >= 15 is 0 Å². The van der Waals surface area contributed by atoms with E-state index < -0.39 is 34.3 Å². The first-order valence-corrected chi connectivity index (χ1v) is 14.5. The molecule has 1 unspecified atom stereocenters. The molecule has 0 spiro atoms. The van der Waals surface area contributed by atoms with Gasteiger partial charge < -0.3 is 10.2 Å². The van der Waals surface area contributed by atoms with Gasteiger partial charge in [0.05, 0.1) is 15.6 Å². The molecule has 0 aliphatic carbocycles. The fraction of sp³-hybridized carbons (Fsp3) is 0.310. The van der Waals surface area contributed by atoms with E-state index in [1.54, 1.807) is 25.1 Å². The minimum absolute atomic E-state index is 0.0290. The molecule has 3 aromatic carbocycles. The van der Waals surface area contributed by atoms with E-state index in [9.17, 15) is 22.4 Å². The molecular weight excluding hydrogens is 541 g/mol. The van der Waals surface area contributed by atoms with E-state index in [-0.39, 0.29) is 34.1 Å². The topological polar surface area (TPSA) is 86.8 Å². The first-order valence-electron chi connectivity index (χ1n) is 12.7. The Hall–Kier alpha value is -3.43. The van der Waals surface area contributed by atoms with Gasteiger partial charge in [0.2, 0.25) is 11.8 Å². The molecule has 0 bridgehead atoms. The monoisotopic (exact) mass is 573 g/mol. The number of sulfonamides is 1. The van der Waals surface area contributed by atoms with Gasteiger partial charge >= 0.3 is 0 Å².